The molecule has 0 bridgehead atoms. The zero-order valence-electron chi connectivity index (χ0n) is 12.2. The van der Waals surface area contributed by atoms with Crippen LogP contribution in [0.1, 0.15) is 30.7 Å². The molecule has 0 saturated carbocycles. The Kier molecular flexibility index (Phi) is 4.29. The quantitative estimate of drug-likeness (QED) is 0.856. The number of hydrogen-bond donors (Lipinski definition) is 1. The van der Waals surface area contributed by atoms with E-state index in [4.69, 9.17) is 11.6 Å². The number of aryl methyl sites for hydroxylation is 2. The van der Waals surface area contributed by atoms with E-state index >= 15 is 0 Å². The lowest BCUT2D eigenvalue weighted by Crippen LogP contribution is -2.01. The molecule has 0 radical (unpaired) electrons. The number of rotatable bonds is 3. The van der Waals surface area contributed by atoms with Crippen LogP contribution in [-0.4, -0.2) is 15.1 Å². The van der Waals surface area contributed by atoms with Gasteiger partial charge >= 0.3 is 0 Å². The number of aromatic hydroxyl groups is 1. The van der Waals surface area contributed by atoms with Crippen LogP contribution in [0.2, 0.25) is 5.15 Å². The monoisotopic (exact) mass is 290 g/mol. The highest BCUT2D eigenvalue weighted by Gasteiger charge is 2.10. The molecule has 2 rings (SSSR count). The molecule has 0 aliphatic rings. The molecule has 106 valence electrons. The predicted octanol–water partition coefficient (Wildman–Crippen LogP) is 4.32. The minimum Gasteiger partial charge on any atom is -0.507 e. The molecule has 2 aromatic rings. The van der Waals surface area contributed by atoms with E-state index in [0.29, 0.717) is 22.6 Å². The van der Waals surface area contributed by atoms with Crippen molar-refractivity contribution < 1.29 is 5.11 Å². The van der Waals surface area contributed by atoms with Crippen molar-refractivity contribution in [3.05, 3.63) is 40.2 Å². The summed E-state index contributed by atoms with van der Waals surface area (Å²) in [7, 11) is 0. The lowest BCUT2D eigenvalue weighted by atomic mass is 10.0. The number of halogens is 1. The van der Waals surface area contributed by atoms with Gasteiger partial charge in [-0.1, -0.05) is 25.4 Å². The first-order chi connectivity index (χ1) is 9.36. The van der Waals surface area contributed by atoms with Crippen LogP contribution in [-0.2, 0) is 6.42 Å². The van der Waals surface area contributed by atoms with Crippen molar-refractivity contribution in [2.75, 3.05) is 0 Å². The second-order valence-electron chi connectivity index (χ2n) is 5.56. The van der Waals surface area contributed by atoms with Gasteiger partial charge in [0.2, 0.25) is 0 Å². The number of phenols is 1. The van der Waals surface area contributed by atoms with Crippen molar-refractivity contribution in [3.8, 4) is 17.1 Å². The normalized spacial score (nSPS) is 11.1. The highest BCUT2D eigenvalue weighted by Crippen LogP contribution is 2.28. The summed E-state index contributed by atoms with van der Waals surface area (Å²) >= 11 is 6.09. The highest BCUT2D eigenvalue weighted by atomic mass is 35.5. The summed E-state index contributed by atoms with van der Waals surface area (Å²) in [5.74, 6) is 1.44. The van der Waals surface area contributed by atoms with Gasteiger partial charge in [-0.25, -0.2) is 9.97 Å². The molecule has 20 heavy (non-hydrogen) atoms. The maximum absolute atomic E-state index is 9.84. The zero-order chi connectivity index (χ0) is 14.9. The van der Waals surface area contributed by atoms with Crippen LogP contribution in [0, 0.1) is 19.8 Å². The highest BCUT2D eigenvalue weighted by molar-refractivity contribution is 6.29. The van der Waals surface area contributed by atoms with E-state index in [2.05, 4.69) is 23.8 Å². The summed E-state index contributed by atoms with van der Waals surface area (Å²) in [5.41, 5.74) is 3.45. The molecule has 1 heterocycles. The van der Waals surface area contributed by atoms with Gasteiger partial charge in [0, 0.05) is 11.3 Å². The van der Waals surface area contributed by atoms with E-state index in [1.165, 1.54) is 0 Å². The van der Waals surface area contributed by atoms with E-state index in [9.17, 15) is 5.11 Å². The molecular weight excluding hydrogens is 272 g/mol. The first-order valence-corrected chi connectivity index (χ1v) is 7.08. The Bertz CT molecular complexity index is 615. The number of phenolic OH excluding ortho intramolecular Hbond substituents is 1. The fraction of sp³-hybridized carbons (Fsp3) is 0.375. The number of nitrogens with zero attached hydrogens (tertiary/aromatic N) is 2. The van der Waals surface area contributed by atoms with Crippen LogP contribution < -0.4 is 0 Å². The molecule has 1 N–H and O–H groups in total. The summed E-state index contributed by atoms with van der Waals surface area (Å²) in [4.78, 5) is 8.87. The topological polar surface area (TPSA) is 46.0 Å². The van der Waals surface area contributed by atoms with Gasteiger partial charge in [-0.05, 0) is 55.5 Å². The maximum Gasteiger partial charge on any atom is 0.161 e. The number of benzene rings is 1. The van der Waals surface area contributed by atoms with Gasteiger partial charge in [-0.15, -0.1) is 0 Å². The molecule has 0 aliphatic carbocycles. The largest absolute Gasteiger partial charge is 0.507 e. The van der Waals surface area contributed by atoms with Crippen LogP contribution in [0.3, 0.4) is 0 Å². The fourth-order valence-electron chi connectivity index (χ4n) is 2.20. The van der Waals surface area contributed by atoms with E-state index < -0.39 is 0 Å². The van der Waals surface area contributed by atoms with Gasteiger partial charge in [-0.3, -0.25) is 0 Å². The van der Waals surface area contributed by atoms with E-state index in [-0.39, 0.29) is 0 Å². The van der Waals surface area contributed by atoms with Crippen molar-refractivity contribution in [1.82, 2.24) is 9.97 Å². The van der Waals surface area contributed by atoms with E-state index in [1.807, 2.05) is 32.0 Å². The van der Waals surface area contributed by atoms with Gasteiger partial charge in [0.1, 0.15) is 10.9 Å². The second-order valence-corrected chi connectivity index (χ2v) is 5.95. The molecule has 0 saturated heterocycles. The predicted molar refractivity (Wildman–Crippen MR) is 82.2 cm³/mol. The van der Waals surface area contributed by atoms with Crippen molar-refractivity contribution >= 4 is 11.6 Å². The minimum atomic E-state index is 0.318. The molecule has 4 heteroatoms. The molecule has 1 aromatic heterocycles. The SMILES string of the molecule is Cc1cc(-c2nc(Cl)cc(CC(C)C)n2)cc(C)c1O. The van der Waals surface area contributed by atoms with Crippen LogP contribution in [0.15, 0.2) is 18.2 Å². The fourth-order valence-corrected chi connectivity index (χ4v) is 2.41. The maximum atomic E-state index is 9.84. The van der Waals surface area contributed by atoms with E-state index in [1.54, 1.807) is 0 Å². The lowest BCUT2D eigenvalue weighted by molar-refractivity contribution is 0.467. The number of aromatic nitrogens is 2. The molecule has 0 unspecified atom stereocenters. The average Bonchev–Trinajstić information content (AvgIpc) is 2.33. The summed E-state index contributed by atoms with van der Waals surface area (Å²) in [6, 6.07) is 5.57. The second kappa shape index (κ2) is 5.80. The molecule has 1 aromatic carbocycles. The summed E-state index contributed by atoms with van der Waals surface area (Å²) < 4.78 is 0. The Labute approximate surface area is 124 Å². The van der Waals surface area contributed by atoms with Gasteiger partial charge in [0.15, 0.2) is 5.82 Å². The van der Waals surface area contributed by atoms with Gasteiger partial charge in [0.05, 0.1) is 0 Å². The van der Waals surface area contributed by atoms with Crippen LogP contribution in [0.5, 0.6) is 5.75 Å². The third kappa shape index (κ3) is 3.28. The Hall–Kier alpha value is -1.61. The van der Waals surface area contributed by atoms with Gasteiger partial charge in [-0.2, -0.15) is 0 Å². The zero-order valence-corrected chi connectivity index (χ0v) is 13.0. The first kappa shape index (κ1) is 14.8. The molecule has 3 nitrogen and oxygen atoms in total. The minimum absolute atomic E-state index is 0.318. The smallest absolute Gasteiger partial charge is 0.161 e. The van der Waals surface area contributed by atoms with Crippen molar-refractivity contribution in [2.24, 2.45) is 5.92 Å². The summed E-state index contributed by atoms with van der Waals surface area (Å²) in [5, 5.41) is 10.3. The third-order valence-electron chi connectivity index (χ3n) is 3.11. The Balaban J connectivity index is 2.49. The van der Waals surface area contributed by atoms with Gasteiger partial charge < -0.3 is 5.11 Å². The van der Waals surface area contributed by atoms with Crippen molar-refractivity contribution in [3.63, 3.8) is 0 Å². The molecule has 0 aliphatic heterocycles. The van der Waals surface area contributed by atoms with Gasteiger partial charge in [0.25, 0.3) is 0 Å². The summed E-state index contributed by atoms with van der Waals surface area (Å²) in [6.07, 6.45) is 0.866. The van der Waals surface area contributed by atoms with Crippen LogP contribution >= 0.6 is 11.6 Å². The van der Waals surface area contributed by atoms with Crippen molar-refractivity contribution in [1.29, 1.82) is 0 Å². The van der Waals surface area contributed by atoms with Crippen LogP contribution in [0.25, 0.3) is 11.4 Å². The third-order valence-corrected chi connectivity index (χ3v) is 3.31. The lowest BCUT2D eigenvalue weighted by Gasteiger charge is -2.10. The summed E-state index contributed by atoms with van der Waals surface area (Å²) in [6.45, 7) is 8.02. The molecule has 0 spiro atoms. The van der Waals surface area contributed by atoms with E-state index in [0.717, 1.165) is 28.8 Å². The molecule has 0 fully saturated rings. The average molecular weight is 291 g/mol. The standard InChI is InChI=1S/C16H19ClN2O/c1-9(2)5-13-8-14(17)19-16(18-13)12-6-10(3)15(20)11(4)7-12/h6-9,20H,5H2,1-4H3. The molecular formula is C16H19ClN2O. The Morgan fingerprint density at radius 1 is 1.10 bits per heavy atom. The Morgan fingerprint density at radius 2 is 1.70 bits per heavy atom. The first-order valence-electron chi connectivity index (χ1n) is 6.71. The molecule has 0 atom stereocenters. The van der Waals surface area contributed by atoms with Crippen LogP contribution in [0.4, 0.5) is 0 Å². The number of hydrogen-bond acceptors (Lipinski definition) is 3. The van der Waals surface area contributed by atoms with Crippen molar-refractivity contribution in [2.45, 2.75) is 34.1 Å². The molecule has 0 amide bonds. The Morgan fingerprint density at radius 3 is 2.25 bits per heavy atom.